The van der Waals surface area contributed by atoms with Crippen LogP contribution in [-0.2, 0) is 4.74 Å². The Bertz CT molecular complexity index is 632. The van der Waals surface area contributed by atoms with Crippen LogP contribution in [0, 0.1) is 0 Å². The fourth-order valence-electron chi connectivity index (χ4n) is 1.42. The van der Waals surface area contributed by atoms with Gasteiger partial charge in [-0.3, -0.25) is 0 Å². The second-order valence-corrected chi connectivity index (χ2v) is 4.82. The fraction of sp³-hybridized carbons (Fsp3) is 0.0833. The van der Waals surface area contributed by atoms with Crippen LogP contribution in [0.2, 0.25) is 5.02 Å². The van der Waals surface area contributed by atoms with E-state index in [-0.39, 0.29) is 11.5 Å². The minimum Gasteiger partial charge on any atom is -0.464 e. The standard InChI is InChI=1S/C12H9BrClN3O2/c1-19-12(18)9-8(13)10(15)17-11(16-9)6-2-4-7(14)5-3-6/h2-5H,1H3,(H2,15,16,17). The molecule has 0 unspecified atom stereocenters. The number of halogens is 2. The Labute approximate surface area is 122 Å². The van der Waals surface area contributed by atoms with Crippen LogP contribution >= 0.6 is 27.5 Å². The maximum Gasteiger partial charge on any atom is 0.358 e. The van der Waals surface area contributed by atoms with Gasteiger partial charge in [0.1, 0.15) is 5.82 Å². The summed E-state index contributed by atoms with van der Waals surface area (Å²) in [6, 6.07) is 6.89. The van der Waals surface area contributed by atoms with Gasteiger partial charge in [-0.2, -0.15) is 0 Å². The first-order chi connectivity index (χ1) is 9.02. The average Bonchev–Trinajstić information content (AvgIpc) is 2.41. The van der Waals surface area contributed by atoms with Gasteiger partial charge >= 0.3 is 5.97 Å². The maximum absolute atomic E-state index is 11.6. The topological polar surface area (TPSA) is 78.1 Å². The van der Waals surface area contributed by atoms with Gasteiger partial charge in [0, 0.05) is 10.6 Å². The minimum atomic E-state index is -0.587. The van der Waals surface area contributed by atoms with Crippen LogP contribution in [0.1, 0.15) is 10.5 Å². The zero-order valence-corrected chi connectivity index (χ0v) is 12.2. The molecule has 5 nitrogen and oxygen atoms in total. The number of anilines is 1. The molecule has 2 N–H and O–H groups in total. The number of methoxy groups -OCH3 is 1. The lowest BCUT2D eigenvalue weighted by Gasteiger charge is -2.07. The summed E-state index contributed by atoms with van der Waals surface area (Å²) < 4.78 is 4.96. The molecule has 1 aromatic carbocycles. The van der Waals surface area contributed by atoms with Crippen LogP contribution < -0.4 is 5.73 Å². The van der Waals surface area contributed by atoms with Crippen molar-refractivity contribution in [1.29, 1.82) is 0 Å². The summed E-state index contributed by atoms with van der Waals surface area (Å²) in [6.45, 7) is 0. The predicted molar refractivity (Wildman–Crippen MR) is 75.9 cm³/mol. The Kier molecular flexibility index (Phi) is 4.01. The van der Waals surface area contributed by atoms with Crippen molar-refractivity contribution in [2.45, 2.75) is 0 Å². The molecular weight excluding hydrogens is 334 g/mol. The van der Waals surface area contributed by atoms with Crippen LogP contribution in [0.15, 0.2) is 28.7 Å². The summed E-state index contributed by atoms with van der Waals surface area (Å²) in [5, 5.41) is 0.599. The van der Waals surface area contributed by atoms with E-state index in [2.05, 4.69) is 30.6 Å². The molecule has 0 aliphatic rings. The lowest BCUT2D eigenvalue weighted by Crippen LogP contribution is -2.10. The zero-order valence-electron chi connectivity index (χ0n) is 9.85. The summed E-state index contributed by atoms with van der Waals surface area (Å²) in [5.74, 6) is -0.0886. The van der Waals surface area contributed by atoms with Crippen LogP contribution in [0.4, 0.5) is 5.82 Å². The highest BCUT2D eigenvalue weighted by Crippen LogP contribution is 2.26. The number of aromatic nitrogens is 2. The van der Waals surface area contributed by atoms with Gasteiger partial charge in [-0.25, -0.2) is 14.8 Å². The van der Waals surface area contributed by atoms with Crippen molar-refractivity contribution < 1.29 is 9.53 Å². The quantitative estimate of drug-likeness (QED) is 0.849. The number of esters is 1. The SMILES string of the molecule is COC(=O)c1nc(-c2ccc(Cl)cc2)nc(N)c1Br. The first-order valence-corrected chi connectivity index (χ1v) is 6.37. The van der Waals surface area contributed by atoms with E-state index in [1.165, 1.54) is 7.11 Å². The van der Waals surface area contributed by atoms with E-state index in [1.54, 1.807) is 24.3 Å². The van der Waals surface area contributed by atoms with Gasteiger partial charge in [0.05, 0.1) is 11.6 Å². The Hall–Kier alpha value is -1.66. The third-order valence-corrected chi connectivity index (χ3v) is 3.39. The Morgan fingerprint density at radius 1 is 1.32 bits per heavy atom. The number of nitrogen functional groups attached to an aromatic ring is 1. The van der Waals surface area contributed by atoms with Gasteiger partial charge in [-0.15, -0.1) is 0 Å². The molecule has 0 aliphatic heterocycles. The van der Waals surface area contributed by atoms with Crippen molar-refractivity contribution in [3.05, 3.63) is 39.5 Å². The molecule has 0 aliphatic carbocycles. The summed E-state index contributed by atoms with van der Waals surface area (Å²) in [7, 11) is 1.27. The highest BCUT2D eigenvalue weighted by molar-refractivity contribution is 9.10. The van der Waals surface area contributed by atoms with Crippen molar-refractivity contribution in [3.63, 3.8) is 0 Å². The second-order valence-electron chi connectivity index (χ2n) is 3.59. The van der Waals surface area contributed by atoms with Gasteiger partial charge < -0.3 is 10.5 Å². The van der Waals surface area contributed by atoms with Crippen LogP contribution in [0.25, 0.3) is 11.4 Å². The van der Waals surface area contributed by atoms with E-state index >= 15 is 0 Å². The molecule has 0 bridgehead atoms. The molecule has 19 heavy (non-hydrogen) atoms. The highest BCUT2D eigenvalue weighted by Gasteiger charge is 2.18. The molecule has 0 fully saturated rings. The molecular formula is C12H9BrClN3O2. The Morgan fingerprint density at radius 2 is 1.95 bits per heavy atom. The molecule has 1 heterocycles. The number of nitrogens with zero attached hydrogens (tertiary/aromatic N) is 2. The van der Waals surface area contributed by atoms with E-state index < -0.39 is 5.97 Å². The molecule has 2 aromatic rings. The van der Waals surface area contributed by atoms with Gasteiger partial charge in [-0.05, 0) is 40.2 Å². The molecule has 0 spiro atoms. The number of hydrogen-bond acceptors (Lipinski definition) is 5. The molecule has 98 valence electrons. The molecule has 2 rings (SSSR count). The van der Waals surface area contributed by atoms with Gasteiger partial charge in [-0.1, -0.05) is 11.6 Å². The summed E-state index contributed by atoms with van der Waals surface area (Å²) in [6.07, 6.45) is 0. The largest absolute Gasteiger partial charge is 0.464 e. The van der Waals surface area contributed by atoms with Crippen molar-refractivity contribution >= 4 is 39.3 Å². The number of benzene rings is 1. The summed E-state index contributed by atoms with van der Waals surface area (Å²) in [4.78, 5) is 19.9. The molecule has 1 aromatic heterocycles. The smallest absolute Gasteiger partial charge is 0.358 e. The summed E-state index contributed by atoms with van der Waals surface area (Å²) in [5.41, 5.74) is 6.54. The number of ether oxygens (including phenoxy) is 1. The molecule has 7 heteroatoms. The molecule has 0 amide bonds. The lowest BCUT2D eigenvalue weighted by atomic mass is 10.2. The van der Waals surface area contributed by atoms with Crippen LogP contribution in [0.3, 0.4) is 0 Å². The van der Waals surface area contributed by atoms with Crippen molar-refractivity contribution in [3.8, 4) is 11.4 Å². The average molecular weight is 343 g/mol. The van der Waals surface area contributed by atoms with E-state index in [4.69, 9.17) is 17.3 Å². The van der Waals surface area contributed by atoms with E-state index in [1.807, 2.05) is 0 Å². The normalized spacial score (nSPS) is 10.3. The number of nitrogens with two attached hydrogens (primary N) is 1. The zero-order chi connectivity index (χ0) is 14.0. The first-order valence-electron chi connectivity index (χ1n) is 5.20. The number of rotatable bonds is 2. The monoisotopic (exact) mass is 341 g/mol. The van der Waals surface area contributed by atoms with E-state index in [0.29, 0.717) is 20.9 Å². The van der Waals surface area contributed by atoms with Crippen molar-refractivity contribution in [2.75, 3.05) is 12.8 Å². The van der Waals surface area contributed by atoms with Crippen LogP contribution in [0.5, 0.6) is 0 Å². The minimum absolute atomic E-state index is 0.0833. The first kappa shape index (κ1) is 13.8. The molecule has 0 radical (unpaired) electrons. The Morgan fingerprint density at radius 3 is 2.53 bits per heavy atom. The third-order valence-electron chi connectivity index (χ3n) is 2.36. The number of carbonyl (C=O) groups excluding carboxylic acids is 1. The molecule has 0 saturated carbocycles. The highest BCUT2D eigenvalue weighted by atomic mass is 79.9. The van der Waals surface area contributed by atoms with Gasteiger partial charge in [0.2, 0.25) is 0 Å². The number of carbonyl (C=O) groups is 1. The number of hydrogen-bond donors (Lipinski definition) is 1. The van der Waals surface area contributed by atoms with Crippen molar-refractivity contribution in [2.24, 2.45) is 0 Å². The van der Waals surface area contributed by atoms with E-state index in [0.717, 1.165) is 0 Å². The fourth-order valence-corrected chi connectivity index (χ4v) is 1.89. The maximum atomic E-state index is 11.6. The lowest BCUT2D eigenvalue weighted by molar-refractivity contribution is 0.0593. The van der Waals surface area contributed by atoms with Crippen LogP contribution in [-0.4, -0.2) is 23.0 Å². The third kappa shape index (κ3) is 2.85. The Balaban J connectivity index is 2.56. The predicted octanol–water partition coefficient (Wildman–Crippen LogP) is 2.93. The van der Waals surface area contributed by atoms with Crippen molar-refractivity contribution in [1.82, 2.24) is 9.97 Å². The van der Waals surface area contributed by atoms with E-state index in [9.17, 15) is 4.79 Å². The molecule has 0 saturated heterocycles. The van der Waals surface area contributed by atoms with Gasteiger partial charge in [0.25, 0.3) is 0 Å². The summed E-state index contributed by atoms with van der Waals surface area (Å²) >= 11 is 8.98. The second kappa shape index (κ2) is 5.54. The van der Waals surface area contributed by atoms with Gasteiger partial charge in [0.15, 0.2) is 11.5 Å². The molecule has 0 atom stereocenters.